The van der Waals surface area contributed by atoms with Crippen LogP contribution in [0.5, 0.6) is 5.88 Å². The summed E-state index contributed by atoms with van der Waals surface area (Å²) in [7, 11) is -2.33. The van der Waals surface area contributed by atoms with Crippen LogP contribution in [0.4, 0.5) is 14.9 Å². The van der Waals surface area contributed by atoms with Gasteiger partial charge in [-0.05, 0) is 60.9 Å². The molecule has 2 heterocycles. The number of sulfonamides is 1. The zero-order chi connectivity index (χ0) is 23.2. The highest BCUT2D eigenvalue weighted by Gasteiger charge is 2.42. The highest BCUT2D eigenvalue weighted by molar-refractivity contribution is 7.90. The van der Waals surface area contributed by atoms with E-state index in [9.17, 15) is 17.6 Å². The molecule has 2 N–H and O–H groups in total. The van der Waals surface area contributed by atoms with E-state index in [1.807, 2.05) is 0 Å². The number of fused-ring (bicyclic) bond motifs is 1. The molecule has 0 atom stereocenters. The number of rotatable bonds is 6. The first kappa shape index (κ1) is 22.1. The Bertz CT molecular complexity index is 1190. The predicted octanol–water partition coefficient (Wildman–Crippen LogP) is 3.07. The molecule has 1 aromatic carbocycles. The molecule has 33 heavy (non-hydrogen) atoms. The fraction of sp³-hybridized carbons (Fsp3) is 0.478. The summed E-state index contributed by atoms with van der Waals surface area (Å²) in [6.07, 6.45) is 6.89. The lowest BCUT2D eigenvalue weighted by molar-refractivity contribution is 0.0704. The number of nitrogens with one attached hydrogen (secondary N) is 2. The van der Waals surface area contributed by atoms with Crippen LogP contribution in [-0.2, 0) is 22.9 Å². The first-order chi connectivity index (χ1) is 15.9. The Kier molecular flexibility index (Phi) is 5.74. The van der Waals surface area contributed by atoms with E-state index in [0.29, 0.717) is 65.8 Å². The number of nitrogens with zero attached hydrogens (tertiary/aromatic N) is 2. The molecule has 2 aromatic rings. The van der Waals surface area contributed by atoms with Crippen molar-refractivity contribution in [1.29, 1.82) is 0 Å². The Morgan fingerprint density at radius 1 is 1.18 bits per heavy atom. The fourth-order valence-electron chi connectivity index (χ4n) is 4.86. The van der Waals surface area contributed by atoms with Crippen LogP contribution in [0.1, 0.15) is 36.8 Å². The average molecular weight is 475 g/mol. The number of carbonyl (C=O) groups is 1. The van der Waals surface area contributed by atoms with Crippen molar-refractivity contribution in [3.63, 3.8) is 0 Å². The number of likely N-dealkylation sites (tertiary alicyclic amines) is 1. The number of pyridine rings is 1. The van der Waals surface area contributed by atoms with E-state index in [-0.39, 0.29) is 5.82 Å². The van der Waals surface area contributed by atoms with E-state index in [0.717, 1.165) is 19.3 Å². The Morgan fingerprint density at radius 3 is 2.64 bits per heavy atom. The van der Waals surface area contributed by atoms with Crippen molar-refractivity contribution >= 4 is 21.7 Å². The molecule has 2 aliphatic carbocycles. The van der Waals surface area contributed by atoms with Crippen molar-refractivity contribution in [3.8, 4) is 17.0 Å². The zero-order valence-corrected chi connectivity index (χ0v) is 19.3. The molecular formula is C23H27FN4O4S. The quantitative estimate of drug-likeness (QED) is 0.668. The summed E-state index contributed by atoms with van der Waals surface area (Å²) < 4.78 is 47.6. The molecule has 5 rings (SSSR count). The number of carbonyl (C=O) groups excluding carboxylic acids is 1. The molecule has 0 radical (unpaired) electrons. The second kappa shape index (κ2) is 8.57. The summed E-state index contributed by atoms with van der Waals surface area (Å²) in [6.45, 7) is 0.891. The minimum atomic E-state index is -3.81. The maximum atomic E-state index is 14.8. The van der Waals surface area contributed by atoms with Gasteiger partial charge in [0.15, 0.2) is 0 Å². The lowest BCUT2D eigenvalue weighted by Gasteiger charge is -2.47. The van der Waals surface area contributed by atoms with Crippen LogP contribution in [0.2, 0.25) is 0 Å². The summed E-state index contributed by atoms with van der Waals surface area (Å²) >= 11 is 0. The SMILES string of the molecule is COc1cc(-c2cc(F)c3c(c2NC(=O)NS(=O)(=O)C2CN(C4CCC4)C2)CCC3)ccn1. The molecule has 1 aliphatic heterocycles. The molecule has 1 saturated heterocycles. The molecule has 10 heteroatoms. The van der Waals surface area contributed by atoms with E-state index in [1.54, 1.807) is 12.1 Å². The van der Waals surface area contributed by atoms with Gasteiger partial charge in [0.05, 0.1) is 12.8 Å². The van der Waals surface area contributed by atoms with Gasteiger partial charge in [-0.15, -0.1) is 0 Å². The van der Waals surface area contributed by atoms with Crippen LogP contribution in [-0.4, -0.2) is 55.8 Å². The third-order valence-corrected chi connectivity index (χ3v) is 8.63. The van der Waals surface area contributed by atoms with Crippen molar-refractivity contribution < 1.29 is 22.3 Å². The fourth-order valence-corrected chi connectivity index (χ4v) is 6.11. The Balaban J connectivity index is 1.38. The number of hydrogen-bond acceptors (Lipinski definition) is 6. The number of ether oxygens (including phenoxy) is 1. The number of aromatic nitrogens is 1. The van der Waals surface area contributed by atoms with Crippen LogP contribution < -0.4 is 14.8 Å². The molecule has 1 aromatic heterocycles. The lowest BCUT2D eigenvalue weighted by atomic mass is 9.89. The van der Waals surface area contributed by atoms with Gasteiger partial charge < -0.3 is 10.1 Å². The number of halogens is 1. The molecule has 2 amide bonds. The van der Waals surface area contributed by atoms with Crippen molar-refractivity contribution in [2.24, 2.45) is 0 Å². The van der Waals surface area contributed by atoms with Crippen molar-refractivity contribution in [2.75, 3.05) is 25.5 Å². The number of methoxy groups -OCH3 is 1. The monoisotopic (exact) mass is 474 g/mol. The Labute approximate surface area is 192 Å². The first-order valence-electron chi connectivity index (χ1n) is 11.3. The average Bonchev–Trinajstić information content (AvgIpc) is 3.21. The molecule has 0 unspecified atom stereocenters. The third kappa shape index (κ3) is 4.17. The number of amides is 2. The third-order valence-electron chi connectivity index (χ3n) is 6.98. The highest BCUT2D eigenvalue weighted by Crippen LogP contribution is 2.40. The topological polar surface area (TPSA) is 101 Å². The van der Waals surface area contributed by atoms with Gasteiger partial charge in [-0.25, -0.2) is 27.3 Å². The van der Waals surface area contributed by atoms with Gasteiger partial charge in [0.2, 0.25) is 15.9 Å². The zero-order valence-electron chi connectivity index (χ0n) is 18.4. The Hall–Kier alpha value is -2.72. The van der Waals surface area contributed by atoms with Gasteiger partial charge >= 0.3 is 6.03 Å². The van der Waals surface area contributed by atoms with E-state index in [4.69, 9.17) is 4.74 Å². The summed E-state index contributed by atoms with van der Waals surface area (Å²) in [6, 6.07) is 4.37. The largest absolute Gasteiger partial charge is 0.481 e. The first-order valence-corrected chi connectivity index (χ1v) is 12.8. The van der Waals surface area contributed by atoms with E-state index in [2.05, 4.69) is 19.9 Å². The molecule has 176 valence electrons. The van der Waals surface area contributed by atoms with Crippen molar-refractivity contribution in [2.45, 2.75) is 49.8 Å². The Morgan fingerprint density at radius 2 is 1.94 bits per heavy atom. The predicted molar refractivity (Wildman–Crippen MR) is 122 cm³/mol. The maximum Gasteiger partial charge on any atom is 0.332 e. The number of benzene rings is 1. The second-order valence-electron chi connectivity index (χ2n) is 8.94. The van der Waals surface area contributed by atoms with Crippen LogP contribution in [0.15, 0.2) is 24.4 Å². The highest BCUT2D eigenvalue weighted by atomic mass is 32.2. The van der Waals surface area contributed by atoms with Crippen LogP contribution in [0, 0.1) is 5.82 Å². The molecule has 0 spiro atoms. The molecule has 1 saturated carbocycles. The number of urea groups is 1. The molecule has 2 fully saturated rings. The number of hydrogen-bond donors (Lipinski definition) is 2. The second-order valence-corrected chi connectivity index (χ2v) is 10.9. The lowest BCUT2D eigenvalue weighted by Crippen LogP contribution is -2.62. The van der Waals surface area contributed by atoms with Crippen molar-refractivity contribution in [1.82, 2.24) is 14.6 Å². The summed E-state index contributed by atoms with van der Waals surface area (Å²) in [5.74, 6) is 0.0183. The van der Waals surface area contributed by atoms with Gasteiger partial charge in [0, 0.05) is 37.0 Å². The normalized spacial score (nSPS) is 18.8. The summed E-state index contributed by atoms with van der Waals surface area (Å²) in [5.41, 5.74) is 2.76. The maximum absolute atomic E-state index is 14.8. The van der Waals surface area contributed by atoms with Crippen LogP contribution in [0.25, 0.3) is 11.1 Å². The minimum Gasteiger partial charge on any atom is -0.481 e. The summed E-state index contributed by atoms with van der Waals surface area (Å²) in [5, 5.41) is 2.11. The summed E-state index contributed by atoms with van der Waals surface area (Å²) in [4.78, 5) is 19.0. The van der Waals surface area contributed by atoms with Gasteiger partial charge in [-0.2, -0.15) is 0 Å². The van der Waals surface area contributed by atoms with Gasteiger partial charge in [0.25, 0.3) is 0 Å². The molecule has 3 aliphatic rings. The van der Waals surface area contributed by atoms with E-state index < -0.39 is 21.3 Å². The van der Waals surface area contributed by atoms with Gasteiger partial charge in [0.1, 0.15) is 11.1 Å². The van der Waals surface area contributed by atoms with Gasteiger partial charge in [-0.1, -0.05) is 6.42 Å². The number of anilines is 1. The van der Waals surface area contributed by atoms with Crippen molar-refractivity contribution in [3.05, 3.63) is 41.3 Å². The van der Waals surface area contributed by atoms with Crippen LogP contribution in [0.3, 0.4) is 0 Å². The smallest absolute Gasteiger partial charge is 0.332 e. The van der Waals surface area contributed by atoms with Crippen LogP contribution >= 0.6 is 0 Å². The van der Waals surface area contributed by atoms with E-state index >= 15 is 0 Å². The molecule has 8 nitrogen and oxygen atoms in total. The molecule has 0 bridgehead atoms. The standard InChI is InChI=1S/C23H27FN4O4S/c1-32-21-10-14(8-9-25-21)19-11-20(24)17-6-3-7-18(17)22(19)26-23(29)27-33(30,31)16-12-28(13-16)15-4-2-5-15/h8-11,15-16H,2-7,12-13H2,1H3,(H2,26,27,29). The van der Waals surface area contributed by atoms with Gasteiger partial charge in [-0.3, -0.25) is 4.90 Å². The van der Waals surface area contributed by atoms with E-state index in [1.165, 1.54) is 25.8 Å². The molecular weight excluding hydrogens is 447 g/mol. The minimum absolute atomic E-state index is 0.336.